The highest BCUT2D eigenvalue weighted by Gasteiger charge is 2.51. The Morgan fingerprint density at radius 1 is 0.824 bits per heavy atom. The van der Waals surface area contributed by atoms with Crippen LogP contribution in [0.3, 0.4) is 0 Å². The van der Waals surface area contributed by atoms with Crippen molar-refractivity contribution in [3.8, 4) is 0 Å². The lowest BCUT2D eigenvalue weighted by Crippen LogP contribution is -2.51. The number of azide groups is 1. The summed E-state index contributed by atoms with van der Waals surface area (Å²) in [5.41, 5.74) is 8.27. The second kappa shape index (κ2) is 10.7. The number of esters is 2. The van der Waals surface area contributed by atoms with Crippen molar-refractivity contribution in [3.05, 3.63) is 118 Å². The smallest absolute Gasteiger partial charge is 0.330 e. The summed E-state index contributed by atoms with van der Waals surface area (Å²) in [6, 6.07) is 27.2. The molecule has 0 radical (unpaired) electrons. The summed E-state index contributed by atoms with van der Waals surface area (Å²) in [7, 11) is 0. The molecule has 0 aromatic heterocycles. The molecule has 0 saturated carbocycles. The average molecular weight is 458 g/mol. The van der Waals surface area contributed by atoms with E-state index < -0.39 is 29.2 Å². The van der Waals surface area contributed by atoms with Crippen molar-refractivity contribution in [2.75, 3.05) is 0 Å². The molecule has 0 aliphatic rings. The molecule has 1 atom stereocenters. The predicted octanol–water partition coefficient (Wildman–Crippen LogP) is 5.95. The second-order valence-electron chi connectivity index (χ2n) is 8.82. The summed E-state index contributed by atoms with van der Waals surface area (Å²) in [4.78, 5) is 30.0. The van der Waals surface area contributed by atoms with Crippen molar-refractivity contribution in [1.29, 1.82) is 0 Å². The van der Waals surface area contributed by atoms with Crippen molar-refractivity contribution in [1.82, 2.24) is 0 Å². The molecule has 0 aliphatic carbocycles. The van der Waals surface area contributed by atoms with Crippen LogP contribution in [0.5, 0.6) is 0 Å². The van der Waals surface area contributed by atoms with Crippen LogP contribution in [-0.2, 0) is 25.5 Å². The van der Waals surface area contributed by atoms with Crippen LogP contribution >= 0.6 is 0 Å². The Hall–Kier alpha value is -4.09. The first kappa shape index (κ1) is 24.6. The number of carbonyl (C=O) groups is 2. The molecule has 0 spiro atoms. The first-order chi connectivity index (χ1) is 16.2. The molecule has 3 rings (SSSR count). The minimum absolute atomic E-state index is 0.206. The van der Waals surface area contributed by atoms with E-state index in [2.05, 4.69) is 10.0 Å². The third-order valence-corrected chi connectivity index (χ3v) is 5.02. The Labute approximate surface area is 199 Å². The van der Waals surface area contributed by atoms with Gasteiger partial charge in [0, 0.05) is 11.3 Å². The maximum absolute atomic E-state index is 13.8. The Balaban J connectivity index is 2.08. The summed E-state index contributed by atoms with van der Waals surface area (Å²) in [5, 5.41) is 3.71. The van der Waals surface area contributed by atoms with Crippen molar-refractivity contribution >= 4 is 11.9 Å². The number of carbonyl (C=O) groups excluding carboxylic acids is 2. The molecule has 3 aromatic carbocycles. The molecular weight excluding hydrogens is 430 g/mol. The minimum Gasteiger partial charge on any atom is -0.459 e. The lowest BCUT2D eigenvalue weighted by atomic mass is 9.90. The normalized spacial score (nSPS) is 12.8. The zero-order valence-electron chi connectivity index (χ0n) is 19.4. The van der Waals surface area contributed by atoms with Gasteiger partial charge in [-0.3, -0.25) is 9.59 Å². The van der Waals surface area contributed by atoms with E-state index >= 15 is 0 Å². The van der Waals surface area contributed by atoms with Gasteiger partial charge < -0.3 is 9.47 Å². The number of nitrogens with zero attached hydrogens (tertiary/aromatic N) is 3. The zero-order chi connectivity index (χ0) is 24.6. The summed E-state index contributed by atoms with van der Waals surface area (Å²) in [5.74, 6) is -1.95. The van der Waals surface area contributed by atoms with Crippen LogP contribution in [0, 0.1) is 0 Å². The Morgan fingerprint density at radius 2 is 1.29 bits per heavy atom. The van der Waals surface area contributed by atoms with Crippen molar-refractivity contribution in [2.24, 2.45) is 5.11 Å². The van der Waals surface area contributed by atoms with Crippen LogP contribution in [0.25, 0.3) is 10.4 Å². The van der Waals surface area contributed by atoms with Gasteiger partial charge >= 0.3 is 11.9 Å². The van der Waals surface area contributed by atoms with E-state index in [4.69, 9.17) is 9.47 Å². The molecular formula is C27H27N3O4. The number of benzene rings is 3. The highest BCUT2D eigenvalue weighted by atomic mass is 16.6. The third kappa shape index (κ3) is 6.03. The number of hydrogen-bond donors (Lipinski definition) is 0. The first-order valence-corrected chi connectivity index (χ1v) is 10.9. The van der Waals surface area contributed by atoms with Crippen LogP contribution in [0.4, 0.5) is 0 Å². The zero-order valence-corrected chi connectivity index (χ0v) is 19.4. The molecule has 34 heavy (non-hydrogen) atoms. The number of hydrogen-bond acceptors (Lipinski definition) is 5. The van der Waals surface area contributed by atoms with Crippen LogP contribution < -0.4 is 0 Å². The Kier molecular flexibility index (Phi) is 7.71. The van der Waals surface area contributed by atoms with Gasteiger partial charge in [-0.1, -0.05) is 96.1 Å². The predicted molar refractivity (Wildman–Crippen MR) is 129 cm³/mol. The second-order valence-corrected chi connectivity index (χ2v) is 8.82. The van der Waals surface area contributed by atoms with E-state index in [0.29, 0.717) is 16.7 Å². The maximum Gasteiger partial charge on any atom is 0.330 e. The summed E-state index contributed by atoms with van der Waals surface area (Å²) >= 11 is 0. The Bertz CT molecular complexity index is 1120. The monoisotopic (exact) mass is 457 g/mol. The maximum atomic E-state index is 13.8. The lowest BCUT2D eigenvalue weighted by Gasteiger charge is -2.31. The standard InChI is InChI=1S/C27H27N3O4/c1-26(2,3)34-25(32)27(29-30-28,19-20-13-7-4-8-14-20)24(31)33-23(21-15-9-5-10-16-21)22-17-11-6-12-18-22/h4-18,23H,19H2,1-3H3/t27-/m0/s1. The SMILES string of the molecule is CC(C)(C)OC(=O)[C@@](Cc1ccccc1)(N=[N+]=[N-])C(=O)OC(c1ccccc1)c1ccccc1. The molecule has 0 heterocycles. The topological polar surface area (TPSA) is 101 Å². The molecule has 0 saturated heterocycles. The molecule has 174 valence electrons. The van der Waals surface area contributed by atoms with Gasteiger partial charge in [0.05, 0.1) is 0 Å². The highest BCUT2D eigenvalue weighted by molar-refractivity contribution is 6.05. The molecule has 3 aromatic rings. The van der Waals surface area contributed by atoms with Crippen LogP contribution in [0.1, 0.15) is 43.6 Å². The van der Waals surface area contributed by atoms with Gasteiger partial charge in [-0.05, 0) is 43.0 Å². The van der Waals surface area contributed by atoms with E-state index in [9.17, 15) is 15.1 Å². The van der Waals surface area contributed by atoms with E-state index in [1.165, 1.54) is 0 Å². The molecule has 0 unspecified atom stereocenters. The van der Waals surface area contributed by atoms with E-state index in [1.54, 1.807) is 45.0 Å². The molecule has 0 bridgehead atoms. The fourth-order valence-corrected chi connectivity index (χ4v) is 3.46. The number of ether oxygens (including phenoxy) is 2. The largest absolute Gasteiger partial charge is 0.459 e. The molecule has 7 heteroatoms. The van der Waals surface area contributed by atoms with Crippen LogP contribution in [-0.4, -0.2) is 23.1 Å². The lowest BCUT2D eigenvalue weighted by molar-refractivity contribution is -0.173. The quantitative estimate of drug-likeness (QED) is 0.137. The van der Waals surface area contributed by atoms with Crippen molar-refractivity contribution < 1.29 is 19.1 Å². The van der Waals surface area contributed by atoms with Crippen LogP contribution in [0.2, 0.25) is 0 Å². The Morgan fingerprint density at radius 3 is 1.74 bits per heavy atom. The fraction of sp³-hybridized carbons (Fsp3) is 0.259. The van der Waals surface area contributed by atoms with Crippen molar-refractivity contribution in [3.63, 3.8) is 0 Å². The van der Waals surface area contributed by atoms with Gasteiger partial charge in [-0.2, -0.15) is 0 Å². The fourth-order valence-electron chi connectivity index (χ4n) is 3.46. The summed E-state index contributed by atoms with van der Waals surface area (Å²) in [6.45, 7) is 5.03. The summed E-state index contributed by atoms with van der Waals surface area (Å²) in [6.07, 6.45) is -1.02. The van der Waals surface area contributed by atoms with Gasteiger partial charge in [0.25, 0.3) is 0 Å². The molecule has 0 N–H and O–H groups in total. The van der Waals surface area contributed by atoms with Crippen LogP contribution in [0.15, 0.2) is 96.1 Å². The molecule has 0 aliphatic heterocycles. The van der Waals surface area contributed by atoms with Gasteiger partial charge in [0.15, 0.2) is 6.10 Å². The van der Waals surface area contributed by atoms with E-state index in [-0.39, 0.29) is 6.42 Å². The highest BCUT2D eigenvalue weighted by Crippen LogP contribution is 2.32. The minimum atomic E-state index is -2.24. The van der Waals surface area contributed by atoms with Gasteiger partial charge in [0.2, 0.25) is 5.54 Å². The molecule has 0 amide bonds. The first-order valence-electron chi connectivity index (χ1n) is 10.9. The van der Waals surface area contributed by atoms with E-state index in [1.807, 2.05) is 66.7 Å². The van der Waals surface area contributed by atoms with Gasteiger partial charge in [0.1, 0.15) is 5.60 Å². The summed E-state index contributed by atoms with van der Waals surface area (Å²) < 4.78 is 11.5. The molecule has 0 fully saturated rings. The van der Waals surface area contributed by atoms with Crippen molar-refractivity contribution in [2.45, 2.75) is 44.4 Å². The number of rotatable bonds is 8. The van der Waals surface area contributed by atoms with Gasteiger partial charge in [-0.25, -0.2) is 0 Å². The molecule has 7 nitrogen and oxygen atoms in total. The van der Waals surface area contributed by atoms with Gasteiger partial charge in [-0.15, -0.1) is 0 Å². The third-order valence-electron chi connectivity index (χ3n) is 5.02. The average Bonchev–Trinajstić information content (AvgIpc) is 2.82. The van der Waals surface area contributed by atoms with E-state index in [0.717, 1.165) is 0 Å².